The van der Waals surface area contributed by atoms with E-state index in [9.17, 15) is 4.79 Å². The molecule has 0 aliphatic heterocycles. The molecular formula is C11H13BrN4OS2. The van der Waals surface area contributed by atoms with Crippen molar-refractivity contribution in [2.75, 3.05) is 18.9 Å². The number of anilines is 1. The summed E-state index contributed by atoms with van der Waals surface area (Å²) in [5.41, 5.74) is 1.10. The number of amides is 1. The Labute approximate surface area is 127 Å². The number of hydrogen-bond acceptors (Lipinski definition) is 6. The van der Waals surface area contributed by atoms with Gasteiger partial charge in [-0.3, -0.25) is 4.79 Å². The van der Waals surface area contributed by atoms with Gasteiger partial charge in [0.05, 0.1) is 3.79 Å². The van der Waals surface area contributed by atoms with Crippen LogP contribution >= 0.6 is 38.6 Å². The minimum Gasteiger partial charge on any atom is -0.360 e. The Balaban J connectivity index is 2.01. The van der Waals surface area contributed by atoms with E-state index < -0.39 is 0 Å². The number of nitrogens with zero attached hydrogens (tertiary/aromatic N) is 3. The highest BCUT2D eigenvalue weighted by atomic mass is 79.9. The van der Waals surface area contributed by atoms with E-state index in [1.807, 2.05) is 18.4 Å². The molecule has 0 unspecified atom stereocenters. The third kappa shape index (κ3) is 3.74. The molecule has 0 aliphatic carbocycles. The topological polar surface area (TPSA) is 58.1 Å². The molecule has 102 valence electrons. The molecule has 0 spiro atoms. The van der Waals surface area contributed by atoms with Crippen molar-refractivity contribution in [1.29, 1.82) is 0 Å². The molecule has 2 aromatic rings. The van der Waals surface area contributed by atoms with Gasteiger partial charge in [0.1, 0.15) is 0 Å². The summed E-state index contributed by atoms with van der Waals surface area (Å²) in [5.74, 6) is -0.107. The van der Waals surface area contributed by atoms with Crippen molar-refractivity contribution in [3.05, 3.63) is 25.8 Å². The zero-order chi connectivity index (χ0) is 13.8. The van der Waals surface area contributed by atoms with Gasteiger partial charge in [-0.2, -0.15) is 0 Å². The number of halogens is 1. The number of carbonyl (C=O) groups excluding carboxylic acids is 1. The number of rotatable bonds is 5. The first kappa shape index (κ1) is 14.4. The van der Waals surface area contributed by atoms with Crippen LogP contribution in [-0.4, -0.2) is 34.6 Å². The molecule has 5 nitrogen and oxygen atoms in total. The Morgan fingerprint density at radius 3 is 2.95 bits per heavy atom. The minimum atomic E-state index is -0.107. The molecule has 0 saturated carbocycles. The largest absolute Gasteiger partial charge is 0.360 e. The second-order valence-corrected chi connectivity index (χ2v) is 7.13. The van der Waals surface area contributed by atoms with E-state index in [0.29, 0.717) is 16.7 Å². The van der Waals surface area contributed by atoms with Gasteiger partial charge in [0, 0.05) is 20.1 Å². The summed E-state index contributed by atoms with van der Waals surface area (Å²) >= 11 is 6.30. The van der Waals surface area contributed by atoms with E-state index in [1.165, 1.54) is 11.3 Å². The van der Waals surface area contributed by atoms with Crippen LogP contribution in [-0.2, 0) is 6.54 Å². The summed E-state index contributed by atoms with van der Waals surface area (Å²) in [6, 6.07) is 2.01. The molecular weight excluding hydrogens is 348 g/mol. The lowest BCUT2D eigenvalue weighted by molar-refractivity contribution is 0.0784. The lowest BCUT2D eigenvalue weighted by atomic mass is 10.3. The lowest BCUT2D eigenvalue weighted by Crippen LogP contribution is -2.25. The van der Waals surface area contributed by atoms with Crippen molar-refractivity contribution < 1.29 is 4.79 Å². The van der Waals surface area contributed by atoms with Crippen LogP contribution in [0, 0.1) is 0 Å². The van der Waals surface area contributed by atoms with Crippen LogP contribution < -0.4 is 5.32 Å². The summed E-state index contributed by atoms with van der Waals surface area (Å²) in [6.45, 7) is 3.31. The van der Waals surface area contributed by atoms with Gasteiger partial charge in [-0.1, -0.05) is 11.3 Å². The molecule has 0 aliphatic rings. The highest BCUT2D eigenvalue weighted by Gasteiger charge is 2.17. The number of nitrogens with one attached hydrogen (secondary N) is 1. The third-order valence-electron chi connectivity index (χ3n) is 2.32. The number of hydrogen-bond donors (Lipinski definition) is 1. The molecule has 19 heavy (non-hydrogen) atoms. The molecule has 1 N–H and O–H groups in total. The highest BCUT2D eigenvalue weighted by molar-refractivity contribution is 9.11. The van der Waals surface area contributed by atoms with E-state index >= 15 is 0 Å². The average Bonchev–Trinajstić information content (AvgIpc) is 2.98. The zero-order valence-corrected chi connectivity index (χ0v) is 13.7. The van der Waals surface area contributed by atoms with Gasteiger partial charge >= 0.3 is 0 Å². The summed E-state index contributed by atoms with van der Waals surface area (Å²) in [4.78, 5) is 13.8. The van der Waals surface area contributed by atoms with Crippen LogP contribution in [0.3, 0.4) is 0 Å². The molecule has 0 saturated heterocycles. The van der Waals surface area contributed by atoms with Crippen molar-refractivity contribution in [3.8, 4) is 0 Å². The predicted octanol–water partition coefficient (Wildman–Crippen LogP) is 3.07. The molecule has 8 heteroatoms. The van der Waals surface area contributed by atoms with Gasteiger partial charge in [-0.05, 0) is 39.9 Å². The number of thiophene rings is 1. The van der Waals surface area contributed by atoms with Crippen molar-refractivity contribution in [3.63, 3.8) is 0 Å². The first-order valence-corrected chi connectivity index (χ1v) is 8.14. The molecule has 0 bridgehead atoms. The normalized spacial score (nSPS) is 10.5. The van der Waals surface area contributed by atoms with Crippen LogP contribution in [0.5, 0.6) is 0 Å². The van der Waals surface area contributed by atoms with Crippen LogP contribution in [0.15, 0.2) is 15.2 Å². The summed E-state index contributed by atoms with van der Waals surface area (Å²) in [7, 11) is 1.77. The molecule has 2 rings (SSSR count). The highest BCUT2D eigenvalue weighted by Crippen LogP contribution is 2.22. The van der Waals surface area contributed by atoms with E-state index in [0.717, 1.165) is 15.9 Å². The maximum Gasteiger partial charge on any atom is 0.284 e. The summed E-state index contributed by atoms with van der Waals surface area (Å²) in [6.07, 6.45) is 0. The first-order valence-electron chi connectivity index (χ1n) is 5.66. The van der Waals surface area contributed by atoms with Gasteiger partial charge in [0.2, 0.25) is 10.1 Å². The van der Waals surface area contributed by atoms with Crippen LogP contribution in [0.25, 0.3) is 0 Å². The van der Waals surface area contributed by atoms with Gasteiger partial charge in [-0.15, -0.1) is 21.5 Å². The quantitative estimate of drug-likeness (QED) is 0.889. The second-order valence-electron chi connectivity index (χ2n) is 3.86. The Morgan fingerprint density at radius 1 is 1.53 bits per heavy atom. The number of aromatic nitrogens is 2. The molecule has 0 fully saturated rings. The maximum atomic E-state index is 12.2. The molecule has 0 aromatic carbocycles. The Morgan fingerprint density at radius 2 is 2.32 bits per heavy atom. The van der Waals surface area contributed by atoms with E-state index in [4.69, 9.17) is 0 Å². The Kier molecular flexibility index (Phi) is 4.89. The Bertz CT molecular complexity index is 569. The van der Waals surface area contributed by atoms with Gasteiger partial charge in [0.15, 0.2) is 0 Å². The molecule has 2 heterocycles. The number of carbonyl (C=O) groups is 1. The summed E-state index contributed by atoms with van der Waals surface area (Å²) in [5, 5.41) is 14.0. The third-order valence-corrected chi connectivity index (χ3v) is 4.75. The molecule has 0 atom stereocenters. The zero-order valence-electron chi connectivity index (χ0n) is 10.5. The molecule has 0 radical (unpaired) electrons. The fourth-order valence-electron chi connectivity index (χ4n) is 1.47. The molecule has 2 aromatic heterocycles. The monoisotopic (exact) mass is 360 g/mol. The second kappa shape index (κ2) is 6.44. The van der Waals surface area contributed by atoms with Crippen molar-refractivity contribution >= 4 is 49.6 Å². The fraction of sp³-hybridized carbons (Fsp3) is 0.364. The van der Waals surface area contributed by atoms with Crippen molar-refractivity contribution in [2.45, 2.75) is 13.5 Å². The summed E-state index contributed by atoms with van der Waals surface area (Å²) < 4.78 is 1.06. The smallest absolute Gasteiger partial charge is 0.284 e. The van der Waals surface area contributed by atoms with Crippen LogP contribution in [0.1, 0.15) is 22.3 Å². The van der Waals surface area contributed by atoms with Crippen LogP contribution in [0.4, 0.5) is 5.13 Å². The predicted molar refractivity (Wildman–Crippen MR) is 81.9 cm³/mol. The average molecular weight is 361 g/mol. The fourth-order valence-corrected chi connectivity index (χ4v) is 3.48. The minimum absolute atomic E-state index is 0.107. The van der Waals surface area contributed by atoms with Crippen molar-refractivity contribution in [2.24, 2.45) is 0 Å². The standard InChI is InChI=1S/C11H13BrN4OS2/c1-3-13-11-15-14-9(19-11)10(17)16(2)5-7-4-8(12)18-6-7/h4,6H,3,5H2,1-2H3,(H,13,15). The van der Waals surface area contributed by atoms with Crippen LogP contribution in [0.2, 0.25) is 0 Å². The van der Waals surface area contributed by atoms with Crippen molar-refractivity contribution in [1.82, 2.24) is 15.1 Å². The molecule has 1 amide bonds. The lowest BCUT2D eigenvalue weighted by Gasteiger charge is -2.14. The first-order chi connectivity index (χ1) is 9.10. The van der Waals surface area contributed by atoms with Gasteiger partial charge in [0.25, 0.3) is 5.91 Å². The maximum absolute atomic E-state index is 12.2. The van der Waals surface area contributed by atoms with Gasteiger partial charge < -0.3 is 10.2 Å². The van der Waals surface area contributed by atoms with E-state index in [1.54, 1.807) is 23.3 Å². The van der Waals surface area contributed by atoms with Gasteiger partial charge in [-0.25, -0.2) is 0 Å². The SMILES string of the molecule is CCNc1nnc(C(=O)N(C)Cc2csc(Br)c2)s1. The van der Waals surface area contributed by atoms with E-state index in [-0.39, 0.29) is 5.91 Å². The van der Waals surface area contributed by atoms with E-state index in [2.05, 4.69) is 31.4 Å². The Hall–Kier alpha value is -0.990.